The average Bonchev–Trinajstić information content (AvgIpc) is 3.01. The zero-order chi connectivity index (χ0) is 19.7. The molecular weight excluding hydrogens is 486 g/mol. The van der Waals surface area contributed by atoms with E-state index in [1.165, 1.54) is 11.0 Å². The van der Waals surface area contributed by atoms with Crippen molar-refractivity contribution in [3.05, 3.63) is 34.7 Å². The normalized spacial score (nSPS) is 18.0. The maximum atomic E-state index is 12.5. The third kappa shape index (κ3) is 9.26. The number of halogens is 4. The van der Waals surface area contributed by atoms with Crippen LogP contribution in [0.3, 0.4) is 0 Å². The van der Waals surface area contributed by atoms with E-state index in [0.717, 1.165) is 12.8 Å². The van der Waals surface area contributed by atoms with Crippen molar-refractivity contribution < 1.29 is 13.2 Å². The molecule has 1 aromatic rings. The molecule has 0 saturated carbocycles. The van der Waals surface area contributed by atoms with Gasteiger partial charge in [-0.25, -0.2) is 0 Å². The molecule has 28 heavy (non-hydrogen) atoms. The summed E-state index contributed by atoms with van der Waals surface area (Å²) < 4.78 is 39.1. The van der Waals surface area contributed by atoms with Crippen molar-refractivity contribution in [2.75, 3.05) is 32.7 Å². The van der Waals surface area contributed by atoms with Crippen LogP contribution < -0.4 is 16.2 Å². The molecule has 0 aliphatic carbocycles. The van der Waals surface area contributed by atoms with Crippen LogP contribution in [-0.4, -0.2) is 60.4 Å². The largest absolute Gasteiger partial charge is 0.401 e. The van der Waals surface area contributed by atoms with E-state index in [2.05, 4.69) is 15.6 Å². The Labute approximate surface area is 180 Å². The number of unbranched alkanes of at least 4 members (excludes halogenated alkanes) is 1. The van der Waals surface area contributed by atoms with E-state index in [1.807, 2.05) is 13.0 Å². The molecule has 0 bridgehead atoms. The number of nitrogens with one attached hydrogen (secondary N) is 2. The van der Waals surface area contributed by atoms with Gasteiger partial charge in [0.05, 0.1) is 6.54 Å². The van der Waals surface area contributed by atoms with Gasteiger partial charge in [0.25, 0.3) is 0 Å². The van der Waals surface area contributed by atoms with Crippen molar-refractivity contribution >= 4 is 29.9 Å². The zero-order valence-electron chi connectivity index (χ0n) is 16.0. The van der Waals surface area contributed by atoms with Crippen molar-refractivity contribution in [2.24, 2.45) is 4.99 Å². The third-order valence-electron chi connectivity index (χ3n) is 4.34. The summed E-state index contributed by atoms with van der Waals surface area (Å²) in [7, 11) is 0. The molecule has 0 spiro atoms. The SMILES string of the molecule is CCNC(=NCCCCn1ccccc1=O)NC1CCN(CC(F)(F)F)C1.I. The smallest absolute Gasteiger partial charge is 0.357 e. The van der Waals surface area contributed by atoms with Gasteiger partial charge in [-0.1, -0.05) is 6.07 Å². The Bertz CT molecular complexity index is 665. The number of nitrogens with zero attached hydrogens (tertiary/aromatic N) is 3. The lowest BCUT2D eigenvalue weighted by Crippen LogP contribution is -2.45. The molecule has 1 atom stereocenters. The van der Waals surface area contributed by atoms with Gasteiger partial charge in [0.2, 0.25) is 5.56 Å². The molecule has 2 N–H and O–H groups in total. The number of hydrogen-bond acceptors (Lipinski definition) is 3. The van der Waals surface area contributed by atoms with Crippen LogP contribution in [-0.2, 0) is 6.54 Å². The molecule has 2 heterocycles. The number of alkyl halides is 3. The monoisotopic (exact) mass is 515 g/mol. The van der Waals surface area contributed by atoms with Crippen LogP contribution in [0.1, 0.15) is 26.2 Å². The van der Waals surface area contributed by atoms with Gasteiger partial charge in [-0.15, -0.1) is 24.0 Å². The molecule has 1 aromatic heterocycles. The highest BCUT2D eigenvalue weighted by molar-refractivity contribution is 14.0. The Morgan fingerprint density at radius 2 is 2.11 bits per heavy atom. The number of aryl methyl sites for hydroxylation is 1. The minimum atomic E-state index is -4.16. The lowest BCUT2D eigenvalue weighted by atomic mass is 10.3. The number of aromatic nitrogens is 1. The molecule has 0 aromatic carbocycles. The summed E-state index contributed by atoms with van der Waals surface area (Å²) in [5, 5.41) is 6.36. The van der Waals surface area contributed by atoms with E-state index in [4.69, 9.17) is 0 Å². The molecular formula is C18H29F3IN5O. The lowest BCUT2D eigenvalue weighted by Gasteiger charge is -2.19. The molecule has 1 saturated heterocycles. The Hall–Kier alpha value is -1.30. The minimum absolute atomic E-state index is 0. The van der Waals surface area contributed by atoms with Crippen molar-refractivity contribution in [1.29, 1.82) is 0 Å². The first kappa shape index (κ1) is 24.7. The fourth-order valence-corrected chi connectivity index (χ4v) is 3.09. The van der Waals surface area contributed by atoms with Gasteiger partial charge in [0.15, 0.2) is 5.96 Å². The topological polar surface area (TPSA) is 61.7 Å². The maximum absolute atomic E-state index is 12.5. The van der Waals surface area contributed by atoms with Crippen LogP contribution in [0, 0.1) is 0 Å². The van der Waals surface area contributed by atoms with Gasteiger partial charge in [0.1, 0.15) is 0 Å². The van der Waals surface area contributed by atoms with Gasteiger partial charge in [-0.2, -0.15) is 13.2 Å². The van der Waals surface area contributed by atoms with Crippen molar-refractivity contribution in [2.45, 2.75) is 44.9 Å². The second-order valence-corrected chi connectivity index (χ2v) is 6.68. The summed E-state index contributed by atoms with van der Waals surface area (Å²) in [6, 6.07) is 5.05. The summed E-state index contributed by atoms with van der Waals surface area (Å²) in [4.78, 5) is 17.5. The van der Waals surface area contributed by atoms with Crippen LogP contribution in [0.25, 0.3) is 0 Å². The quantitative estimate of drug-likeness (QED) is 0.242. The van der Waals surface area contributed by atoms with E-state index in [0.29, 0.717) is 45.1 Å². The predicted molar refractivity (Wildman–Crippen MR) is 115 cm³/mol. The molecule has 1 unspecified atom stereocenters. The summed E-state index contributed by atoms with van der Waals surface area (Å²) in [5.41, 5.74) is -0.0133. The summed E-state index contributed by atoms with van der Waals surface area (Å²) in [6.45, 7) is 3.80. The molecule has 1 fully saturated rings. The second-order valence-electron chi connectivity index (χ2n) is 6.68. The molecule has 0 amide bonds. The van der Waals surface area contributed by atoms with Crippen molar-refractivity contribution in [3.8, 4) is 0 Å². The molecule has 1 aliphatic rings. The van der Waals surface area contributed by atoms with Crippen LogP contribution in [0.4, 0.5) is 13.2 Å². The van der Waals surface area contributed by atoms with Gasteiger partial charge in [0, 0.05) is 51.0 Å². The molecule has 10 heteroatoms. The van der Waals surface area contributed by atoms with Crippen LogP contribution >= 0.6 is 24.0 Å². The Morgan fingerprint density at radius 1 is 1.32 bits per heavy atom. The first-order valence-corrected chi connectivity index (χ1v) is 9.37. The van der Waals surface area contributed by atoms with Crippen molar-refractivity contribution in [1.82, 2.24) is 20.1 Å². The first-order chi connectivity index (χ1) is 12.9. The van der Waals surface area contributed by atoms with E-state index in [-0.39, 0.29) is 35.6 Å². The Kier molecular flexibility index (Phi) is 10.9. The summed E-state index contributed by atoms with van der Waals surface area (Å²) in [5.74, 6) is 0.633. The van der Waals surface area contributed by atoms with Gasteiger partial charge >= 0.3 is 6.18 Å². The maximum Gasteiger partial charge on any atom is 0.401 e. The highest BCUT2D eigenvalue weighted by Gasteiger charge is 2.34. The third-order valence-corrected chi connectivity index (χ3v) is 4.34. The van der Waals surface area contributed by atoms with Gasteiger partial charge < -0.3 is 15.2 Å². The molecule has 160 valence electrons. The number of pyridine rings is 1. The fourth-order valence-electron chi connectivity index (χ4n) is 3.09. The van der Waals surface area contributed by atoms with Crippen LogP contribution in [0.2, 0.25) is 0 Å². The predicted octanol–water partition coefficient (Wildman–Crippen LogP) is 2.44. The number of rotatable bonds is 8. The van der Waals surface area contributed by atoms with E-state index in [9.17, 15) is 18.0 Å². The fraction of sp³-hybridized carbons (Fsp3) is 0.667. The van der Waals surface area contributed by atoms with Crippen LogP contribution in [0.5, 0.6) is 0 Å². The van der Waals surface area contributed by atoms with Gasteiger partial charge in [-0.05, 0) is 32.3 Å². The number of hydrogen-bond donors (Lipinski definition) is 2. The van der Waals surface area contributed by atoms with Crippen LogP contribution in [0.15, 0.2) is 34.2 Å². The second kappa shape index (κ2) is 12.3. The zero-order valence-corrected chi connectivity index (χ0v) is 18.4. The summed E-state index contributed by atoms with van der Waals surface area (Å²) >= 11 is 0. The molecule has 2 rings (SSSR count). The highest BCUT2D eigenvalue weighted by Crippen LogP contribution is 2.19. The van der Waals surface area contributed by atoms with E-state index in [1.54, 1.807) is 16.8 Å². The van der Waals surface area contributed by atoms with Gasteiger partial charge in [-0.3, -0.25) is 14.7 Å². The lowest BCUT2D eigenvalue weighted by molar-refractivity contribution is -0.143. The molecule has 6 nitrogen and oxygen atoms in total. The minimum Gasteiger partial charge on any atom is -0.357 e. The first-order valence-electron chi connectivity index (χ1n) is 9.37. The van der Waals surface area contributed by atoms with Crippen molar-refractivity contribution in [3.63, 3.8) is 0 Å². The summed E-state index contributed by atoms with van der Waals surface area (Å²) in [6.07, 6.45) is -0.0754. The van der Waals surface area contributed by atoms with E-state index < -0.39 is 12.7 Å². The number of likely N-dealkylation sites (tertiary alicyclic amines) is 1. The molecule has 1 aliphatic heterocycles. The standard InChI is InChI=1S/C18H28F3N5O.HI/c1-2-22-17(24-15-8-12-25(13-15)14-18(19,20)21)23-9-4-6-11-26-10-5-3-7-16(26)27;/h3,5,7,10,15H,2,4,6,8-9,11-14H2,1H3,(H2,22,23,24);1H. The van der Waals surface area contributed by atoms with E-state index >= 15 is 0 Å². The number of guanidine groups is 1. The number of aliphatic imine (C=N–C) groups is 1. The molecule has 0 radical (unpaired) electrons. The average molecular weight is 515 g/mol. The Balaban J connectivity index is 0.00000392. The highest BCUT2D eigenvalue weighted by atomic mass is 127. The Morgan fingerprint density at radius 3 is 2.79 bits per heavy atom.